The lowest BCUT2D eigenvalue weighted by Gasteiger charge is -2.12. The smallest absolute Gasteiger partial charge is 0.419 e. The molecule has 2 aromatic carbocycles. The number of alkyl halides is 3. The second-order valence-electron chi connectivity index (χ2n) is 6.46. The standard InChI is InChI=1S/C21H16F4N2O4/c1-11-9-12(10-14(16(11)22)21(23,24)25)17-15(19(28)30-2)18(20(29)31-3)27(26-17)13-7-5-4-6-8-13/h4-10H,1-3H3. The zero-order chi connectivity index (χ0) is 22.9. The summed E-state index contributed by atoms with van der Waals surface area (Å²) in [5.74, 6) is -3.42. The first-order valence-electron chi connectivity index (χ1n) is 8.83. The number of methoxy groups -OCH3 is 2. The van der Waals surface area contributed by atoms with Crippen molar-refractivity contribution in [2.24, 2.45) is 0 Å². The summed E-state index contributed by atoms with van der Waals surface area (Å²) in [6.07, 6.45) is -4.98. The van der Waals surface area contributed by atoms with E-state index in [1.54, 1.807) is 30.3 Å². The molecule has 0 unspecified atom stereocenters. The van der Waals surface area contributed by atoms with E-state index in [2.05, 4.69) is 5.10 Å². The van der Waals surface area contributed by atoms with Gasteiger partial charge in [-0.25, -0.2) is 18.7 Å². The number of ether oxygens (including phenoxy) is 2. The minimum atomic E-state index is -4.98. The van der Waals surface area contributed by atoms with Gasteiger partial charge in [0.25, 0.3) is 0 Å². The van der Waals surface area contributed by atoms with Crippen molar-refractivity contribution in [3.63, 3.8) is 0 Å². The largest absolute Gasteiger partial charge is 0.465 e. The zero-order valence-electron chi connectivity index (χ0n) is 16.6. The number of nitrogens with zero attached hydrogens (tertiary/aromatic N) is 2. The molecule has 0 aliphatic rings. The van der Waals surface area contributed by atoms with Crippen LogP contribution in [0.25, 0.3) is 16.9 Å². The lowest BCUT2D eigenvalue weighted by atomic mass is 9.99. The number of aryl methyl sites for hydroxylation is 1. The highest BCUT2D eigenvalue weighted by Gasteiger charge is 2.37. The molecule has 0 atom stereocenters. The Morgan fingerprint density at radius 3 is 2.16 bits per heavy atom. The van der Waals surface area contributed by atoms with Gasteiger partial charge in [-0.3, -0.25) is 0 Å². The van der Waals surface area contributed by atoms with Crippen LogP contribution < -0.4 is 0 Å². The molecule has 1 heterocycles. The summed E-state index contributed by atoms with van der Waals surface area (Å²) in [5.41, 5.74) is -2.74. The van der Waals surface area contributed by atoms with E-state index >= 15 is 0 Å². The fourth-order valence-electron chi connectivity index (χ4n) is 3.07. The average molecular weight is 436 g/mol. The maximum absolute atomic E-state index is 14.1. The first-order valence-corrected chi connectivity index (χ1v) is 8.83. The van der Waals surface area contributed by atoms with Crippen LogP contribution in [0.2, 0.25) is 0 Å². The molecule has 162 valence electrons. The van der Waals surface area contributed by atoms with E-state index in [1.165, 1.54) is 0 Å². The summed E-state index contributed by atoms with van der Waals surface area (Å²) in [6.45, 7) is 1.15. The Kier molecular flexibility index (Phi) is 5.83. The number of carbonyl (C=O) groups is 2. The molecule has 3 rings (SSSR count). The maximum atomic E-state index is 14.1. The van der Waals surface area contributed by atoms with Crippen LogP contribution in [-0.4, -0.2) is 35.9 Å². The molecule has 0 spiro atoms. The van der Waals surface area contributed by atoms with E-state index in [-0.39, 0.29) is 22.5 Å². The lowest BCUT2D eigenvalue weighted by Crippen LogP contribution is -2.15. The van der Waals surface area contributed by atoms with Gasteiger partial charge in [-0.05, 0) is 36.8 Å². The van der Waals surface area contributed by atoms with E-state index in [0.717, 1.165) is 31.9 Å². The molecule has 0 bridgehead atoms. The van der Waals surface area contributed by atoms with Gasteiger partial charge in [-0.15, -0.1) is 0 Å². The number of hydrogen-bond acceptors (Lipinski definition) is 5. The van der Waals surface area contributed by atoms with Crippen LogP contribution in [0, 0.1) is 12.7 Å². The molecule has 0 amide bonds. The number of benzene rings is 2. The van der Waals surface area contributed by atoms with Crippen LogP contribution in [0.3, 0.4) is 0 Å². The second kappa shape index (κ2) is 8.21. The number of carbonyl (C=O) groups excluding carboxylic acids is 2. The summed E-state index contributed by atoms with van der Waals surface area (Å²) in [5, 5.41) is 4.21. The molecule has 0 fully saturated rings. The number of para-hydroxylation sites is 1. The van der Waals surface area contributed by atoms with E-state index in [0.29, 0.717) is 11.8 Å². The molecule has 0 saturated heterocycles. The summed E-state index contributed by atoms with van der Waals surface area (Å²) in [6, 6.07) is 9.76. The number of rotatable bonds is 4. The number of hydrogen-bond donors (Lipinski definition) is 0. The van der Waals surface area contributed by atoms with E-state index in [1.807, 2.05) is 0 Å². The van der Waals surface area contributed by atoms with Crippen LogP contribution >= 0.6 is 0 Å². The molecular formula is C21H16F4N2O4. The van der Waals surface area contributed by atoms with Crippen molar-refractivity contribution in [1.29, 1.82) is 0 Å². The van der Waals surface area contributed by atoms with Gasteiger partial charge in [0, 0.05) is 5.56 Å². The van der Waals surface area contributed by atoms with Gasteiger partial charge in [0.1, 0.15) is 17.1 Å². The highest BCUT2D eigenvalue weighted by Crippen LogP contribution is 2.37. The normalized spacial score (nSPS) is 11.3. The Labute approximate surface area is 174 Å². The fraction of sp³-hybridized carbons (Fsp3) is 0.190. The predicted molar refractivity (Wildman–Crippen MR) is 101 cm³/mol. The molecule has 31 heavy (non-hydrogen) atoms. The van der Waals surface area contributed by atoms with Gasteiger partial charge < -0.3 is 9.47 Å². The van der Waals surface area contributed by atoms with E-state index in [9.17, 15) is 27.2 Å². The summed E-state index contributed by atoms with van der Waals surface area (Å²) >= 11 is 0. The monoisotopic (exact) mass is 436 g/mol. The van der Waals surface area contributed by atoms with Crippen LogP contribution in [0.4, 0.5) is 17.6 Å². The first kappa shape index (κ1) is 22.0. The van der Waals surface area contributed by atoms with Gasteiger partial charge in [-0.2, -0.15) is 18.3 Å². The summed E-state index contributed by atoms with van der Waals surface area (Å²) < 4.78 is 64.8. The van der Waals surface area contributed by atoms with Crippen LogP contribution in [0.15, 0.2) is 42.5 Å². The Hall–Kier alpha value is -3.69. The third-order valence-corrected chi connectivity index (χ3v) is 4.49. The summed E-state index contributed by atoms with van der Waals surface area (Å²) in [4.78, 5) is 25.1. The number of halogens is 4. The van der Waals surface area contributed by atoms with Crippen molar-refractivity contribution in [2.45, 2.75) is 13.1 Å². The van der Waals surface area contributed by atoms with Crippen molar-refractivity contribution in [3.05, 3.63) is 70.7 Å². The number of aromatic nitrogens is 2. The van der Waals surface area contributed by atoms with Gasteiger partial charge in [0.05, 0.1) is 25.5 Å². The highest BCUT2D eigenvalue weighted by molar-refractivity contribution is 6.06. The van der Waals surface area contributed by atoms with Gasteiger partial charge in [0.2, 0.25) is 0 Å². The minimum absolute atomic E-state index is 0.216. The minimum Gasteiger partial charge on any atom is -0.465 e. The van der Waals surface area contributed by atoms with Crippen LogP contribution in [0.1, 0.15) is 32.0 Å². The third kappa shape index (κ3) is 4.00. The van der Waals surface area contributed by atoms with Gasteiger partial charge in [-0.1, -0.05) is 18.2 Å². The quantitative estimate of drug-likeness (QED) is 0.442. The van der Waals surface area contributed by atoms with Crippen molar-refractivity contribution < 1.29 is 36.6 Å². The Bertz CT molecular complexity index is 1150. The molecule has 0 saturated carbocycles. The SMILES string of the molecule is COC(=O)c1c(-c2cc(C)c(F)c(C(F)(F)F)c2)nn(-c2ccccc2)c1C(=O)OC. The van der Waals surface area contributed by atoms with Crippen molar-refractivity contribution in [3.8, 4) is 16.9 Å². The van der Waals surface area contributed by atoms with Crippen molar-refractivity contribution >= 4 is 11.9 Å². The third-order valence-electron chi connectivity index (χ3n) is 4.49. The van der Waals surface area contributed by atoms with Crippen LogP contribution in [0.5, 0.6) is 0 Å². The van der Waals surface area contributed by atoms with E-state index in [4.69, 9.17) is 9.47 Å². The predicted octanol–water partition coefficient (Wildman–Crippen LogP) is 4.58. The Balaban J connectivity index is 2.41. The molecule has 0 radical (unpaired) electrons. The first-order chi connectivity index (χ1) is 14.6. The lowest BCUT2D eigenvalue weighted by molar-refractivity contribution is -0.140. The molecule has 0 aliphatic carbocycles. The maximum Gasteiger partial charge on any atom is 0.419 e. The van der Waals surface area contributed by atoms with Crippen molar-refractivity contribution in [2.75, 3.05) is 14.2 Å². The molecular weight excluding hydrogens is 420 g/mol. The summed E-state index contributed by atoms with van der Waals surface area (Å²) in [7, 11) is 2.12. The van der Waals surface area contributed by atoms with Crippen LogP contribution in [-0.2, 0) is 15.7 Å². The van der Waals surface area contributed by atoms with Crippen molar-refractivity contribution in [1.82, 2.24) is 9.78 Å². The Morgan fingerprint density at radius 2 is 1.61 bits per heavy atom. The molecule has 1 aromatic heterocycles. The topological polar surface area (TPSA) is 70.4 Å². The second-order valence-corrected chi connectivity index (χ2v) is 6.46. The molecule has 10 heteroatoms. The van der Waals surface area contributed by atoms with Gasteiger partial charge >= 0.3 is 18.1 Å². The Morgan fingerprint density at radius 1 is 1.00 bits per heavy atom. The fourth-order valence-corrected chi connectivity index (χ4v) is 3.07. The molecule has 6 nitrogen and oxygen atoms in total. The zero-order valence-corrected chi connectivity index (χ0v) is 16.6. The number of esters is 2. The molecule has 0 aliphatic heterocycles. The molecule has 3 aromatic rings. The van der Waals surface area contributed by atoms with E-state index < -0.39 is 35.1 Å². The van der Waals surface area contributed by atoms with Gasteiger partial charge in [0.15, 0.2) is 5.69 Å². The average Bonchev–Trinajstić information content (AvgIpc) is 3.14. The molecule has 0 N–H and O–H groups in total. The highest BCUT2D eigenvalue weighted by atomic mass is 19.4.